The van der Waals surface area contributed by atoms with Crippen molar-refractivity contribution in [3.63, 3.8) is 0 Å². The average molecular weight is 315 g/mol. The van der Waals surface area contributed by atoms with Gasteiger partial charge in [0.15, 0.2) is 0 Å². The Morgan fingerprint density at radius 3 is 2.48 bits per heavy atom. The maximum atomic E-state index is 12.2. The molecule has 0 aromatic heterocycles. The SMILES string of the molecule is C=C1CCC2(C)C(CCC3C2CCC2(C)C(C(C)=O)CCC32)C1. The zero-order valence-corrected chi connectivity index (χ0v) is 15.4. The lowest BCUT2D eigenvalue weighted by Gasteiger charge is -2.60. The molecule has 7 atom stereocenters. The molecule has 1 nitrogen and oxygen atoms in total. The van der Waals surface area contributed by atoms with Gasteiger partial charge in [0.05, 0.1) is 0 Å². The molecule has 0 saturated heterocycles. The maximum Gasteiger partial charge on any atom is 0.133 e. The molecule has 7 unspecified atom stereocenters. The molecular weight excluding hydrogens is 280 g/mol. The van der Waals surface area contributed by atoms with Crippen LogP contribution in [-0.2, 0) is 4.79 Å². The van der Waals surface area contributed by atoms with E-state index < -0.39 is 0 Å². The summed E-state index contributed by atoms with van der Waals surface area (Å²) in [5.41, 5.74) is 2.37. The van der Waals surface area contributed by atoms with Gasteiger partial charge in [0, 0.05) is 5.92 Å². The van der Waals surface area contributed by atoms with Crippen molar-refractivity contribution >= 4 is 5.78 Å². The van der Waals surface area contributed by atoms with Crippen LogP contribution >= 0.6 is 0 Å². The van der Waals surface area contributed by atoms with E-state index in [9.17, 15) is 4.79 Å². The number of carbonyl (C=O) groups is 1. The normalized spacial score (nSPS) is 52.5. The van der Waals surface area contributed by atoms with Crippen LogP contribution < -0.4 is 0 Å². The summed E-state index contributed by atoms with van der Waals surface area (Å²) in [5, 5.41) is 0. The van der Waals surface area contributed by atoms with Crippen LogP contribution in [0, 0.1) is 40.4 Å². The summed E-state index contributed by atoms with van der Waals surface area (Å²) in [6.45, 7) is 11.2. The summed E-state index contributed by atoms with van der Waals surface area (Å²) in [4.78, 5) is 12.2. The molecule has 0 N–H and O–H groups in total. The summed E-state index contributed by atoms with van der Waals surface area (Å²) in [6, 6.07) is 0. The predicted molar refractivity (Wildman–Crippen MR) is 95.0 cm³/mol. The molecule has 4 aliphatic rings. The summed E-state index contributed by atoms with van der Waals surface area (Å²) < 4.78 is 0. The first-order valence-corrected chi connectivity index (χ1v) is 10.0. The molecule has 0 aromatic rings. The highest BCUT2D eigenvalue weighted by atomic mass is 16.1. The fraction of sp³-hybridized carbons (Fsp3) is 0.864. The second-order valence-corrected chi connectivity index (χ2v) is 9.90. The van der Waals surface area contributed by atoms with Gasteiger partial charge >= 0.3 is 0 Å². The van der Waals surface area contributed by atoms with Crippen LogP contribution in [0.15, 0.2) is 12.2 Å². The molecule has 0 spiro atoms. The molecule has 0 bridgehead atoms. The number of fused-ring (bicyclic) bond motifs is 5. The van der Waals surface area contributed by atoms with E-state index in [-0.39, 0.29) is 0 Å². The van der Waals surface area contributed by atoms with Crippen LogP contribution in [0.5, 0.6) is 0 Å². The first-order chi connectivity index (χ1) is 10.9. The number of hydrogen-bond donors (Lipinski definition) is 0. The van der Waals surface area contributed by atoms with Gasteiger partial charge < -0.3 is 0 Å². The molecule has 4 fully saturated rings. The van der Waals surface area contributed by atoms with E-state index in [0.29, 0.717) is 22.5 Å². The van der Waals surface area contributed by atoms with Crippen molar-refractivity contribution in [3.05, 3.63) is 12.2 Å². The van der Waals surface area contributed by atoms with Crippen LogP contribution in [0.3, 0.4) is 0 Å². The fourth-order valence-corrected chi connectivity index (χ4v) is 7.82. The van der Waals surface area contributed by atoms with Crippen molar-refractivity contribution in [1.82, 2.24) is 0 Å². The van der Waals surface area contributed by atoms with Gasteiger partial charge in [0.1, 0.15) is 5.78 Å². The lowest BCUT2D eigenvalue weighted by atomic mass is 9.44. The number of Topliss-reactive ketones (excluding diaryl/α,β-unsaturated/α-hetero) is 1. The Morgan fingerprint density at radius 2 is 1.74 bits per heavy atom. The summed E-state index contributed by atoms with van der Waals surface area (Å²) >= 11 is 0. The standard InChI is InChI=1S/C22H34O/c1-14-9-11-21(3)16(13-14)5-6-17-19-8-7-18(15(2)23)22(19,4)12-10-20(17)21/h16-20H,1,5-13H2,2-4H3. The number of allylic oxidation sites excluding steroid dienone is 1. The van der Waals surface area contributed by atoms with Gasteiger partial charge in [-0.1, -0.05) is 26.0 Å². The second kappa shape index (κ2) is 5.20. The van der Waals surface area contributed by atoms with Crippen molar-refractivity contribution in [2.24, 2.45) is 40.4 Å². The molecule has 0 aromatic carbocycles. The second-order valence-electron chi connectivity index (χ2n) is 9.90. The highest BCUT2D eigenvalue weighted by Gasteiger charge is 2.60. The van der Waals surface area contributed by atoms with Gasteiger partial charge in [0.2, 0.25) is 0 Å². The minimum Gasteiger partial charge on any atom is -0.300 e. The highest BCUT2D eigenvalue weighted by molar-refractivity contribution is 5.79. The molecule has 0 amide bonds. The van der Waals surface area contributed by atoms with Crippen LogP contribution in [0.1, 0.15) is 78.6 Å². The highest BCUT2D eigenvalue weighted by Crippen LogP contribution is 2.67. The van der Waals surface area contributed by atoms with Crippen LogP contribution in [-0.4, -0.2) is 5.78 Å². The minimum absolute atomic E-state index is 0.314. The maximum absolute atomic E-state index is 12.2. The van der Waals surface area contributed by atoms with E-state index in [1.165, 1.54) is 56.9 Å². The number of rotatable bonds is 1. The van der Waals surface area contributed by atoms with Crippen molar-refractivity contribution in [2.45, 2.75) is 78.6 Å². The zero-order valence-electron chi connectivity index (χ0n) is 15.4. The van der Waals surface area contributed by atoms with E-state index in [4.69, 9.17) is 0 Å². The zero-order chi connectivity index (χ0) is 16.4. The predicted octanol–water partition coefficient (Wildman–Crippen LogP) is 5.79. The summed E-state index contributed by atoms with van der Waals surface area (Å²) in [5.74, 6) is 4.33. The number of hydrogen-bond acceptors (Lipinski definition) is 1. The van der Waals surface area contributed by atoms with Crippen molar-refractivity contribution in [1.29, 1.82) is 0 Å². The summed E-state index contributed by atoms with van der Waals surface area (Å²) in [7, 11) is 0. The average Bonchev–Trinajstić information content (AvgIpc) is 2.85. The number of carbonyl (C=O) groups excluding carboxylic acids is 1. The van der Waals surface area contributed by atoms with Crippen LogP contribution in [0.25, 0.3) is 0 Å². The van der Waals surface area contributed by atoms with E-state index in [1.807, 2.05) is 6.92 Å². The molecule has 4 rings (SSSR count). The van der Waals surface area contributed by atoms with E-state index in [1.54, 1.807) is 0 Å². The third-order valence-electron chi connectivity index (χ3n) is 9.11. The Kier molecular flexibility index (Phi) is 3.60. The Morgan fingerprint density at radius 1 is 1.00 bits per heavy atom. The smallest absolute Gasteiger partial charge is 0.133 e. The van der Waals surface area contributed by atoms with Gasteiger partial charge in [-0.05, 0) is 99.2 Å². The first-order valence-electron chi connectivity index (χ1n) is 10.0. The Balaban J connectivity index is 1.63. The molecule has 0 heterocycles. The molecule has 0 aliphatic heterocycles. The molecule has 4 saturated carbocycles. The third kappa shape index (κ3) is 2.14. The molecule has 1 heteroatoms. The molecular formula is C22H34O. The molecule has 0 radical (unpaired) electrons. The van der Waals surface area contributed by atoms with Crippen molar-refractivity contribution < 1.29 is 4.79 Å². The van der Waals surface area contributed by atoms with Gasteiger partial charge in [-0.15, -0.1) is 0 Å². The van der Waals surface area contributed by atoms with Gasteiger partial charge in [-0.25, -0.2) is 0 Å². The van der Waals surface area contributed by atoms with Gasteiger partial charge in [0.25, 0.3) is 0 Å². The Labute approximate surface area is 142 Å². The number of ketones is 1. The Hall–Kier alpha value is -0.590. The third-order valence-corrected chi connectivity index (χ3v) is 9.11. The van der Waals surface area contributed by atoms with Gasteiger partial charge in [-0.3, -0.25) is 4.79 Å². The van der Waals surface area contributed by atoms with E-state index in [0.717, 1.165) is 30.1 Å². The summed E-state index contributed by atoms with van der Waals surface area (Å²) in [6.07, 6.45) is 11.9. The lowest BCUT2D eigenvalue weighted by molar-refractivity contribution is -0.132. The molecule has 4 aliphatic carbocycles. The minimum atomic E-state index is 0.314. The van der Waals surface area contributed by atoms with E-state index in [2.05, 4.69) is 20.4 Å². The molecule has 128 valence electrons. The van der Waals surface area contributed by atoms with E-state index >= 15 is 0 Å². The monoisotopic (exact) mass is 314 g/mol. The van der Waals surface area contributed by atoms with Crippen molar-refractivity contribution in [3.8, 4) is 0 Å². The fourth-order valence-electron chi connectivity index (χ4n) is 7.82. The Bertz CT molecular complexity index is 534. The van der Waals surface area contributed by atoms with Crippen LogP contribution in [0.2, 0.25) is 0 Å². The van der Waals surface area contributed by atoms with Crippen LogP contribution in [0.4, 0.5) is 0 Å². The largest absolute Gasteiger partial charge is 0.300 e. The first kappa shape index (κ1) is 15.9. The lowest BCUT2D eigenvalue weighted by Crippen LogP contribution is -2.53. The van der Waals surface area contributed by atoms with Crippen molar-refractivity contribution in [2.75, 3.05) is 0 Å². The van der Waals surface area contributed by atoms with Gasteiger partial charge in [-0.2, -0.15) is 0 Å². The quantitative estimate of drug-likeness (QED) is 0.560. The topological polar surface area (TPSA) is 17.1 Å². The molecule has 23 heavy (non-hydrogen) atoms.